The number of hydrogen-bond donors (Lipinski definition) is 0. The highest BCUT2D eigenvalue weighted by Crippen LogP contribution is 2.56. The second kappa shape index (κ2) is 9.37. The van der Waals surface area contributed by atoms with E-state index >= 15 is 0 Å². The summed E-state index contributed by atoms with van der Waals surface area (Å²) in [5.41, 5.74) is 0. The number of ether oxygens (including phenoxy) is 2. The molecule has 2 fully saturated rings. The van der Waals surface area contributed by atoms with Crippen molar-refractivity contribution >= 4 is 5.91 Å². The van der Waals surface area contributed by atoms with Crippen LogP contribution in [0.5, 0.6) is 0 Å². The highest BCUT2D eigenvalue weighted by Gasteiger charge is 2.85. The maximum absolute atomic E-state index is 14.8. The fourth-order valence-electron chi connectivity index (χ4n) is 3.53. The molecule has 0 radical (unpaired) electrons. The van der Waals surface area contributed by atoms with E-state index in [1.807, 2.05) is 0 Å². The van der Waals surface area contributed by atoms with E-state index in [9.17, 15) is 79.4 Å². The summed E-state index contributed by atoms with van der Waals surface area (Å²) in [5.74, 6) is -25.7. The van der Waals surface area contributed by atoms with E-state index in [0.29, 0.717) is 13.0 Å². The molecule has 5 nitrogen and oxygen atoms in total. The van der Waals surface area contributed by atoms with Crippen LogP contribution in [0.3, 0.4) is 0 Å². The van der Waals surface area contributed by atoms with Crippen molar-refractivity contribution < 1.29 is 88.9 Å². The first-order valence-corrected chi connectivity index (χ1v) is 9.80. The number of halogens is 17. The Bertz CT molecular complexity index is 888. The number of piperazine rings is 1. The first kappa shape index (κ1) is 32.4. The summed E-state index contributed by atoms with van der Waals surface area (Å²) in [5, 5.41) is 0. The largest absolute Gasteiger partial charge is 0.462 e. The van der Waals surface area contributed by atoms with Crippen LogP contribution in [0.15, 0.2) is 0 Å². The number of carbonyl (C=O) groups is 1. The SMILES string of the molecule is O=C(N1CCN2CCC[C@H]2C1)[C@](F)(OC(F)(F)[C@](F)(OC(F)(F)C(F)(F)C(F)(F)F)C(F)(F)F)C(F)(F)F. The second-order valence-electron chi connectivity index (χ2n) is 8.08. The smallest absolute Gasteiger partial charge is 0.335 e. The Kier molecular flexibility index (Phi) is 7.99. The minimum atomic E-state index is -8.01. The quantitative estimate of drug-likeness (QED) is 0.377. The third-order valence-corrected chi connectivity index (χ3v) is 5.51. The van der Waals surface area contributed by atoms with Crippen molar-refractivity contribution in [1.82, 2.24) is 9.80 Å². The van der Waals surface area contributed by atoms with Gasteiger partial charge in [-0.25, -0.2) is 0 Å². The van der Waals surface area contributed by atoms with Gasteiger partial charge in [-0.1, -0.05) is 0 Å². The van der Waals surface area contributed by atoms with Gasteiger partial charge < -0.3 is 4.90 Å². The van der Waals surface area contributed by atoms with Crippen molar-refractivity contribution in [3.05, 3.63) is 0 Å². The first-order chi connectivity index (χ1) is 16.6. The zero-order chi connectivity index (χ0) is 30.0. The molecule has 1 amide bonds. The predicted octanol–water partition coefficient (Wildman–Crippen LogP) is 5.17. The maximum atomic E-state index is 14.8. The molecule has 22 heteroatoms. The molecule has 0 saturated carbocycles. The van der Waals surface area contributed by atoms with E-state index in [4.69, 9.17) is 0 Å². The Morgan fingerprint density at radius 2 is 1.16 bits per heavy atom. The standard InChI is InChI=1S/C16H13F17N2O3/c17-9(12(21,22)23,8(36)35-5-4-34-3-1-2-7(34)6-35)37-16(32,33)11(20,14(27,28)29)38-15(30,31)10(18,19)13(24,25)26/h7H,1-6H2/t7-,9-,11+/m0/s1. The van der Waals surface area contributed by atoms with Gasteiger partial charge in [0, 0.05) is 25.7 Å². The van der Waals surface area contributed by atoms with Crippen LogP contribution in [-0.4, -0.2) is 96.3 Å². The molecule has 0 aromatic heterocycles. The van der Waals surface area contributed by atoms with E-state index in [1.54, 1.807) is 4.90 Å². The maximum Gasteiger partial charge on any atom is 0.462 e. The fraction of sp³-hybridized carbons (Fsp3) is 0.938. The average Bonchev–Trinajstić information content (AvgIpc) is 3.17. The summed E-state index contributed by atoms with van der Waals surface area (Å²) >= 11 is 0. The summed E-state index contributed by atoms with van der Waals surface area (Å²) in [4.78, 5) is 13.5. The summed E-state index contributed by atoms with van der Waals surface area (Å²) in [6.45, 7) is -1.69. The number of amides is 1. The van der Waals surface area contributed by atoms with Gasteiger partial charge in [-0.3, -0.25) is 19.2 Å². The topological polar surface area (TPSA) is 42.0 Å². The summed E-state index contributed by atoms with van der Waals surface area (Å²) in [7, 11) is 0. The third-order valence-electron chi connectivity index (χ3n) is 5.51. The fourth-order valence-corrected chi connectivity index (χ4v) is 3.53. The number of fused-ring (bicyclic) bond motifs is 1. The molecular formula is C16H13F17N2O3. The van der Waals surface area contributed by atoms with Crippen molar-refractivity contribution in [2.45, 2.75) is 67.3 Å². The Labute approximate surface area is 199 Å². The van der Waals surface area contributed by atoms with Crippen LogP contribution in [0, 0.1) is 0 Å². The average molecular weight is 604 g/mol. The third kappa shape index (κ3) is 5.30. The van der Waals surface area contributed by atoms with E-state index in [0.717, 1.165) is 0 Å². The number of hydrogen-bond acceptors (Lipinski definition) is 4. The lowest BCUT2D eigenvalue weighted by Gasteiger charge is -2.43. The molecule has 38 heavy (non-hydrogen) atoms. The monoisotopic (exact) mass is 604 g/mol. The molecule has 2 aliphatic rings. The van der Waals surface area contributed by atoms with Gasteiger partial charge in [0.15, 0.2) is 0 Å². The van der Waals surface area contributed by atoms with E-state index in [1.165, 1.54) is 4.74 Å². The molecule has 2 rings (SSSR count). The van der Waals surface area contributed by atoms with Crippen LogP contribution >= 0.6 is 0 Å². The van der Waals surface area contributed by atoms with Crippen LogP contribution in [0.2, 0.25) is 0 Å². The minimum Gasteiger partial charge on any atom is -0.335 e. The molecule has 3 atom stereocenters. The number of rotatable bonds is 7. The lowest BCUT2D eigenvalue weighted by Crippen LogP contribution is -2.69. The Morgan fingerprint density at radius 3 is 1.61 bits per heavy atom. The van der Waals surface area contributed by atoms with Crippen molar-refractivity contribution in [2.75, 3.05) is 26.2 Å². The zero-order valence-corrected chi connectivity index (χ0v) is 17.9. The lowest BCUT2D eigenvalue weighted by atomic mass is 10.1. The van der Waals surface area contributed by atoms with Crippen LogP contribution in [0.4, 0.5) is 74.6 Å². The molecule has 2 heterocycles. The van der Waals surface area contributed by atoms with Crippen LogP contribution in [-0.2, 0) is 14.3 Å². The Hall–Kier alpha value is -1.84. The first-order valence-electron chi connectivity index (χ1n) is 9.80. The highest BCUT2D eigenvalue weighted by molar-refractivity contribution is 5.85. The highest BCUT2D eigenvalue weighted by atomic mass is 19.4. The van der Waals surface area contributed by atoms with Crippen molar-refractivity contribution in [3.8, 4) is 0 Å². The minimum absolute atomic E-state index is 0.170. The molecule has 0 N–H and O–H groups in total. The van der Waals surface area contributed by atoms with E-state index in [2.05, 4.69) is 4.74 Å². The lowest BCUT2D eigenvalue weighted by molar-refractivity contribution is -0.548. The van der Waals surface area contributed by atoms with Crippen molar-refractivity contribution in [2.24, 2.45) is 0 Å². The normalized spacial score (nSPS) is 24.1. The van der Waals surface area contributed by atoms with Crippen LogP contribution in [0.25, 0.3) is 0 Å². The van der Waals surface area contributed by atoms with Gasteiger partial charge in [0.1, 0.15) is 0 Å². The molecule has 0 spiro atoms. The Balaban J connectivity index is 2.52. The van der Waals surface area contributed by atoms with Crippen LogP contribution < -0.4 is 0 Å². The number of alkyl halides is 17. The van der Waals surface area contributed by atoms with Crippen molar-refractivity contribution in [3.63, 3.8) is 0 Å². The summed E-state index contributed by atoms with van der Waals surface area (Å²) < 4.78 is 228. The van der Waals surface area contributed by atoms with E-state index < -0.39 is 73.4 Å². The van der Waals surface area contributed by atoms with Gasteiger partial charge in [0.05, 0.1) is 0 Å². The van der Waals surface area contributed by atoms with Gasteiger partial charge in [-0.2, -0.15) is 74.6 Å². The molecule has 0 aromatic carbocycles. The summed E-state index contributed by atoms with van der Waals surface area (Å²) in [6, 6.07) is -0.784. The van der Waals surface area contributed by atoms with E-state index in [-0.39, 0.29) is 17.9 Å². The molecule has 2 saturated heterocycles. The molecule has 0 aliphatic carbocycles. The molecule has 0 bridgehead atoms. The number of carbonyl (C=O) groups excluding carboxylic acids is 1. The molecule has 2 aliphatic heterocycles. The molecule has 0 aromatic rings. The molecule has 224 valence electrons. The predicted molar refractivity (Wildman–Crippen MR) is 84.0 cm³/mol. The van der Waals surface area contributed by atoms with Gasteiger partial charge in [0.25, 0.3) is 5.91 Å². The summed E-state index contributed by atoms with van der Waals surface area (Å²) in [6.07, 6.45) is -37.8. The number of nitrogens with zero attached hydrogens (tertiary/aromatic N) is 2. The Morgan fingerprint density at radius 1 is 0.632 bits per heavy atom. The zero-order valence-electron chi connectivity index (χ0n) is 17.9. The van der Waals surface area contributed by atoms with Crippen LogP contribution in [0.1, 0.15) is 12.8 Å². The van der Waals surface area contributed by atoms with Crippen molar-refractivity contribution in [1.29, 1.82) is 0 Å². The van der Waals surface area contributed by atoms with Gasteiger partial charge in [-0.15, -0.1) is 0 Å². The van der Waals surface area contributed by atoms with Gasteiger partial charge >= 0.3 is 48.4 Å². The molecular weight excluding hydrogens is 591 g/mol. The van der Waals surface area contributed by atoms with Gasteiger partial charge in [-0.05, 0) is 19.4 Å². The van der Waals surface area contributed by atoms with Gasteiger partial charge in [0.2, 0.25) is 0 Å². The molecule has 0 unspecified atom stereocenters. The second-order valence-corrected chi connectivity index (χ2v) is 8.08.